The molecule has 1 saturated carbocycles. The van der Waals surface area contributed by atoms with E-state index in [-0.39, 0.29) is 23.4 Å². The zero-order valence-corrected chi connectivity index (χ0v) is 17.8. The van der Waals surface area contributed by atoms with Crippen molar-refractivity contribution in [2.45, 2.75) is 57.5 Å². The first-order valence-electron chi connectivity index (χ1n) is 10.2. The summed E-state index contributed by atoms with van der Waals surface area (Å²) >= 11 is 1.91. The molecule has 1 unspecified atom stereocenters. The number of anilines is 3. The maximum atomic E-state index is 13.2. The fourth-order valence-electron chi connectivity index (χ4n) is 4.42. The minimum absolute atomic E-state index is 0.187. The minimum Gasteiger partial charge on any atom is -0.329 e. The molecular formula is C21H26N6OS. The van der Waals surface area contributed by atoms with Gasteiger partial charge in [0.15, 0.2) is 0 Å². The molecule has 0 aromatic carbocycles. The van der Waals surface area contributed by atoms with E-state index in [0.29, 0.717) is 11.4 Å². The van der Waals surface area contributed by atoms with Gasteiger partial charge in [-0.1, -0.05) is 0 Å². The van der Waals surface area contributed by atoms with Crippen molar-refractivity contribution in [1.82, 2.24) is 14.5 Å². The third-order valence-electron chi connectivity index (χ3n) is 6.29. The third kappa shape index (κ3) is 2.87. The van der Waals surface area contributed by atoms with Crippen LogP contribution in [0.3, 0.4) is 0 Å². The topological polar surface area (TPSA) is 86.9 Å². The SMILES string of the molecule is Cc1cc(=N)n(C(C)C)cc1Nc1ncc2c(n1)N(C1CCSC1)C(=O)C21CC1. The Morgan fingerprint density at radius 3 is 2.83 bits per heavy atom. The molecule has 3 aliphatic rings. The van der Waals surface area contributed by atoms with Gasteiger partial charge in [0.2, 0.25) is 11.9 Å². The Morgan fingerprint density at radius 1 is 1.38 bits per heavy atom. The maximum Gasteiger partial charge on any atom is 0.239 e. The Balaban J connectivity index is 1.52. The first-order chi connectivity index (χ1) is 13.9. The Hall–Kier alpha value is -2.35. The average molecular weight is 411 g/mol. The van der Waals surface area contributed by atoms with Crippen LogP contribution < -0.4 is 15.7 Å². The second-order valence-electron chi connectivity index (χ2n) is 8.59. The summed E-state index contributed by atoms with van der Waals surface area (Å²) in [6.45, 7) is 6.09. The summed E-state index contributed by atoms with van der Waals surface area (Å²) < 4.78 is 1.91. The highest BCUT2D eigenvalue weighted by atomic mass is 32.2. The van der Waals surface area contributed by atoms with E-state index in [1.54, 1.807) is 0 Å². The molecule has 29 heavy (non-hydrogen) atoms. The fourth-order valence-corrected chi connectivity index (χ4v) is 5.61. The van der Waals surface area contributed by atoms with Crippen molar-refractivity contribution in [3.8, 4) is 0 Å². The molecule has 1 saturated heterocycles. The van der Waals surface area contributed by atoms with Gasteiger partial charge >= 0.3 is 0 Å². The number of fused-ring (bicyclic) bond motifs is 2. The lowest BCUT2D eigenvalue weighted by atomic mass is 10.0. The fraction of sp³-hybridized carbons (Fsp3) is 0.524. The summed E-state index contributed by atoms with van der Waals surface area (Å²) in [6.07, 6.45) is 6.63. The van der Waals surface area contributed by atoms with Crippen molar-refractivity contribution in [3.05, 3.63) is 35.1 Å². The van der Waals surface area contributed by atoms with Crippen molar-refractivity contribution in [1.29, 1.82) is 5.41 Å². The number of aryl methyl sites for hydroxylation is 1. The van der Waals surface area contributed by atoms with Crippen molar-refractivity contribution in [3.63, 3.8) is 0 Å². The van der Waals surface area contributed by atoms with Gasteiger partial charge in [-0.05, 0) is 57.4 Å². The van der Waals surface area contributed by atoms with Gasteiger partial charge in [-0.15, -0.1) is 0 Å². The van der Waals surface area contributed by atoms with Crippen LogP contribution in [0.25, 0.3) is 0 Å². The number of rotatable bonds is 4. The number of pyridine rings is 1. The summed E-state index contributed by atoms with van der Waals surface area (Å²) in [4.78, 5) is 24.5. The molecule has 1 aliphatic carbocycles. The molecule has 5 rings (SSSR count). The highest BCUT2D eigenvalue weighted by molar-refractivity contribution is 7.99. The van der Waals surface area contributed by atoms with Crippen LogP contribution in [0.5, 0.6) is 0 Å². The third-order valence-corrected chi connectivity index (χ3v) is 7.43. The maximum absolute atomic E-state index is 13.2. The summed E-state index contributed by atoms with van der Waals surface area (Å²) in [5.74, 6) is 3.59. The predicted molar refractivity (Wildman–Crippen MR) is 115 cm³/mol. The molecule has 7 nitrogen and oxygen atoms in total. The summed E-state index contributed by atoms with van der Waals surface area (Å²) in [6, 6.07) is 2.27. The van der Waals surface area contributed by atoms with Gasteiger partial charge in [0.05, 0.1) is 11.1 Å². The van der Waals surface area contributed by atoms with Gasteiger partial charge in [0.25, 0.3) is 0 Å². The smallest absolute Gasteiger partial charge is 0.239 e. The molecule has 4 heterocycles. The van der Waals surface area contributed by atoms with Gasteiger partial charge in [0.1, 0.15) is 11.3 Å². The van der Waals surface area contributed by atoms with E-state index < -0.39 is 0 Å². The second-order valence-corrected chi connectivity index (χ2v) is 9.74. The standard InChI is InChI=1S/C21H26N6OS/c1-12(2)26-10-16(13(3)8-17(26)22)24-20-23-9-15-18(25-20)27(14-4-7-29-11-14)19(28)21(15)5-6-21/h8-10,12,14,22H,4-7,11H2,1-3H3,(H,23,24,25). The van der Waals surface area contributed by atoms with E-state index in [9.17, 15) is 4.79 Å². The van der Waals surface area contributed by atoms with Crippen LogP contribution in [-0.4, -0.2) is 38.0 Å². The first-order valence-corrected chi connectivity index (χ1v) is 11.4. The monoisotopic (exact) mass is 410 g/mol. The van der Waals surface area contributed by atoms with Gasteiger partial charge in [-0.25, -0.2) is 4.98 Å². The van der Waals surface area contributed by atoms with Crippen molar-refractivity contribution in [2.75, 3.05) is 21.7 Å². The van der Waals surface area contributed by atoms with E-state index in [0.717, 1.165) is 53.4 Å². The highest BCUT2D eigenvalue weighted by Gasteiger charge is 2.61. The Kier molecular flexibility index (Phi) is 4.24. The Labute approximate surface area is 174 Å². The number of thioether (sulfide) groups is 1. The lowest BCUT2D eigenvalue weighted by Crippen LogP contribution is -2.41. The molecule has 2 aromatic heterocycles. The molecular weight excluding hydrogens is 384 g/mol. The number of hydrogen-bond acceptors (Lipinski definition) is 6. The first kappa shape index (κ1) is 18.7. The van der Waals surface area contributed by atoms with Crippen LogP contribution in [0.2, 0.25) is 0 Å². The molecule has 1 spiro atoms. The molecule has 2 aromatic rings. The number of nitrogens with one attached hydrogen (secondary N) is 2. The number of carbonyl (C=O) groups excluding carboxylic acids is 1. The lowest BCUT2D eigenvalue weighted by Gasteiger charge is -2.24. The van der Waals surface area contributed by atoms with Crippen molar-refractivity contribution >= 4 is 35.1 Å². The molecule has 2 aliphatic heterocycles. The van der Waals surface area contributed by atoms with E-state index >= 15 is 0 Å². The molecule has 2 N–H and O–H groups in total. The van der Waals surface area contributed by atoms with Gasteiger partial charge in [0, 0.05) is 35.8 Å². The van der Waals surface area contributed by atoms with Crippen LogP contribution in [0.4, 0.5) is 17.5 Å². The van der Waals surface area contributed by atoms with E-state index in [2.05, 4.69) is 24.1 Å². The van der Waals surface area contributed by atoms with Gasteiger partial charge in [-0.3, -0.25) is 15.1 Å². The van der Waals surface area contributed by atoms with Crippen LogP contribution in [0.15, 0.2) is 18.5 Å². The normalized spacial score (nSPS) is 21.9. The number of aromatic nitrogens is 3. The molecule has 0 bridgehead atoms. The second kappa shape index (κ2) is 6.58. The Bertz CT molecular complexity index is 1050. The Morgan fingerprint density at radius 2 is 2.17 bits per heavy atom. The average Bonchev–Trinajstić information content (AvgIpc) is 3.24. The predicted octanol–water partition coefficient (Wildman–Crippen LogP) is 3.27. The minimum atomic E-state index is -0.357. The number of carbonyl (C=O) groups is 1. The molecule has 2 fully saturated rings. The van der Waals surface area contributed by atoms with Crippen LogP contribution in [0, 0.1) is 12.3 Å². The zero-order valence-electron chi connectivity index (χ0n) is 17.0. The van der Waals surface area contributed by atoms with E-state index in [1.165, 1.54) is 0 Å². The van der Waals surface area contributed by atoms with E-state index in [4.69, 9.17) is 10.4 Å². The lowest BCUT2D eigenvalue weighted by molar-refractivity contribution is -0.120. The number of hydrogen-bond donors (Lipinski definition) is 2. The summed E-state index contributed by atoms with van der Waals surface area (Å²) in [7, 11) is 0. The molecule has 8 heteroatoms. The summed E-state index contributed by atoms with van der Waals surface area (Å²) in [5.41, 5.74) is 2.97. The highest BCUT2D eigenvalue weighted by Crippen LogP contribution is 2.57. The molecule has 152 valence electrons. The van der Waals surface area contributed by atoms with Gasteiger partial charge in [-0.2, -0.15) is 16.7 Å². The zero-order chi connectivity index (χ0) is 20.3. The molecule has 1 atom stereocenters. The van der Waals surface area contributed by atoms with Gasteiger partial charge < -0.3 is 9.88 Å². The largest absolute Gasteiger partial charge is 0.329 e. The quantitative estimate of drug-likeness (QED) is 0.808. The van der Waals surface area contributed by atoms with Crippen LogP contribution >= 0.6 is 11.8 Å². The van der Waals surface area contributed by atoms with Crippen molar-refractivity contribution in [2.24, 2.45) is 0 Å². The van der Waals surface area contributed by atoms with Crippen molar-refractivity contribution < 1.29 is 4.79 Å². The van der Waals surface area contributed by atoms with E-state index in [1.807, 2.05) is 46.6 Å². The molecule has 1 amide bonds. The number of amides is 1. The van der Waals surface area contributed by atoms with Crippen LogP contribution in [-0.2, 0) is 10.2 Å². The summed E-state index contributed by atoms with van der Waals surface area (Å²) in [5, 5.41) is 11.5. The number of nitrogens with zero attached hydrogens (tertiary/aromatic N) is 4. The van der Waals surface area contributed by atoms with Crippen LogP contribution in [0.1, 0.15) is 50.3 Å². The molecule has 0 radical (unpaired) electrons.